The van der Waals surface area contributed by atoms with Crippen molar-refractivity contribution in [2.45, 2.75) is 156 Å². The number of nitrogens with two attached hydrogens (primary N) is 1. The summed E-state index contributed by atoms with van der Waals surface area (Å²) in [5.41, 5.74) is 7.42. The fourth-order valence-corrected chi connectivity index (χ4v) is 9.21. The number of Topliss-reactive ketones (excluding diaryl/α,β-unsaturated/α-hetero) is 1. The van der Waals surface area contributed by atoms with E-state index in [9.17, 15) is 24.3 Å². The number of ketones is 1. The number of benzene rings is 4. The molecular formula is C59H86Cl2N4O10Si. The minimum atomic E-state index is -1.69. The predicted octanol–water partition coefficient (Wildman–Crippen LogP) is 13.0. The molecule has 0 aliphatic heterocycles. The molecule has 2 aliphatic rings. The SMILES string of the molecule is CC(=O)CO[Si](C)(C)C(C)(C)C.CC(C)Oc1ccc(C(=O)NN(CCO)Cc2ccc(OCC3CCCCC3)cc2)cc1Cl.CC(C)Oc1ccc(C(=O)NN)cc1Cl.O=Cc1ccc(OCC2CCCCC2)cc1. The molecule has 2 fully saturated rings. The number of hydrazine groups is 2. The van der Waals surface area contributed by atoms with Crippen molar-refractivity contribution in [1.29, 1.82) is 0 Å². The Hall–Kier alpha value is -5.00. The van der Waals surface area contributed by atoms with Gasteiger partial charge in [-0.25, -0.2) is 10.9 Å². The molecule has 17 heteroatoms. The van der Waals surface area contributed by atoms with Gasteiger partial charge in [0.1, 0.15) is 29.3 Å². The number of nitrogen functional groups attached to an aromatic ring is 1. The van der Waals surface area contributed by atoms with Gasteiger partial charge in [0.25, 0.3) is 11.8 Å². The molecule has 0 aromatic heterocycles. The molecule has 5 N–H and O–H groups in total. The number of carbonyl (C=O) groups excluding carboxylic acids is 4. The molecule has 420 valence electrons. The third-order valence-electron chi connectivity index (χ3n) is 13.1. The molecular weight excluding hydrogens is 1020 g/mol. The van der Waals surface area contributed by atoms with E-state index in [4.69, 9.17) is 52.4 Å². The first-order chi connectivity index (χ1) is 36.0. The lowest BCUT2D eigenvalue weighted by Crippen LogP contribution is -2.43. The smallest absolute Gasteiger partial charge is 0.265 e. The fourth-order valence-electron chi connectivity index (χ4n) is 7.76. The lowest BCUT2D eigenvalue weighted by Gasteiger charge is -2.35. The monoisotopic (exact) mass is 1110 g/mol. The van der Waals surface area contributed by atoms with Gasteiger partial charge in [-0.15, -0.1) is 0 Å². The van der Waals surface area contributed by atoms with E-state index in [-0.39, 0.29) is 48.1 Å². The molecule has 4 aromatic carbocycles. The van der Waals surface area contributed by atoms with Crippen LogP contribution < -0.4 is 35.6 Å². The maximum Gasteiger partial charge on any atom is 0.265 e. The van der Waals surface area contributed by atoms with Crippen LogP contribution in [0.15, 0.2) is 84.9 Å². The number of halogens is 2. The fraction of sp³-hybridized carbons (Fsp3) is 0.525. The lowest BCUT2D eigenvalue weighted by atomic mass is 9.90. The molecule has 0 atom stereocenters. The zero-order chi connectivity index (χ0) is 56.3. The lowest BCUT2D eigenvalue weighted by molar-refractivity contribution is -0.119. The maximum atomic E-state index is 12.7. The number of nitrogens with one attached hydrogen (secondary N) is 2. The Balaban J connectivity index is 0.000000295. The molecule has 0 heterocycles. The normalized spacial score (nSPS) is 14.0. The molecule has 14 nitrogen and oxygen atoms in total. The third kappa shape index (κ3) is 25.0. The van der Waals surface area contributed by atoms with Gasteiger partial charge in [-0.3, -0.25) is 30.0 Å². The molecule has 6 rings (SSSR count). The van der Waals surface area contributed by atoms with Crippen molar-refractivity contribution in [3.8, 4) is 23.0 Å². The van der Waals surface area contributed by atoms with Crippen molar-refractivity contribution in [2.75, 3.05) is 33.0 Å². The van der Waals surface area contributed by atoms with Crippen LogP contribution in [0.25, 0.3) is 0 Å². The molecule has 2 amide bonds. The van der Waals surface area contributed by atoms with E-state index in [2.05, 4.69) is 39.3 Å². The van der Waals surface area contributed by atoms with Gasteiger partial charge in [-0.2, -0.15) is 0 Å². The number of carbonyl (C=O) groups is 4. The highest BCUT2D eigenvalue weighted by molar-refractivity contribution is 6.74. The third-order valence-corrected chi connectivity index (χ3v) is 18.1. The Morgan fingerprint density at radius 3 is 1.55 bits per heavy atom. The van der Waals surface area contributed by atoms with Gasteiger partial charge < -0.3 is 28.5 Å². The average molecular weight is 1110 g/mol. The summed E-state index contributed by atoms with van der Waals surface area (Å²) in [5.74, 6) is 8.64. The largest absolute Gasteiger partial charge is 0.493 e. The highest BCUT2D eigenvalue weighted by Crippen LogP contribution is 2.36. The number of nitrogens with zero attached hydrogens (tertiary/aromatic N) is 1. The van der Waals surface area contributed by atoms with E-state index in [0.29, 0.717) is 57.2 Å². The highest BCUT2D eigenvalue weighted by atomic mass is 35.5. The van der Waals surface area contributed by atoms with Crippen LogP contribution in [-0.4, -0.2) is 87.5 Å². The van der Waals surface area contributed by atoms with Gasteiger partial charge in [-0.05, 0) is 169 Å². The van der Waals surface area contributed by atoms with Crippen LogP contribution in [0.3, 0.4) is 0 Å². The number of hydrogen-bond donors (Lipinski definition) is 4. The topological polar surface area (TPSA) is 188 Å². The van der Waals surface area contributed by atoms with Crippen LogP contribution in [0, 0.1) is 11.8 Å². The molecule has 2 saturated carbocycles. The van der Waals surface area contributed by atoms with E-state index < -0.39 is 8.32 Å². The summed E-state index contributed by atoms with van der Waals surface area (Å²) in [6.07, 6.45) is 14.0. The molecule has 0 bridgehead atoms. The zero-order valence-corrected chi connectivity index (χ0v) is 49.2. The van der Waals surface area contributed by atoms with Crippen LogP contribution in [0.1, 0.15) is 156 Å². The Bertz CT molecular complexity index is 2350. The van der Waals surface area contributed by atoms with Gasteiger partial charge >= 0.3 is 0 Å². The molecule has 0 unspecified atom stereocenters. The summed E-state index contributed by atoms with van der Waals surface area (Å²) in [6.45, 7) is 22.5. The van der Waals surface area contributed by atoms with E-state index in [0.717, 1.165) is 42.5 Å². The van der Waals surface area contributed by atoms with Crippen LogP contribution in [0.5, 0.6) is 23.0 Å². The number of rotatable bonds is 21. The molecule has 0 saturated heterocycles. The second-order valence-electron chi connectivity index (χ2n) is 21.4. The van der Waals surface area contributed by atoms with Crippen molar-refractivity contribution in [1.82, 2.24) is 15.9 Å². The van der Waals surface area contributed by atoms with E-state index in [1.165, 1.54) is 70.3 Å². The Morgan fingerprint density at radius 2 is 1.17 bits per heavy atom. The Morgan fingerprint density at radius 1 is 0.724 bits per heavy atom. The van der Waals surface area contributed by atoms with Crippen LogP contribution in [0.4, 0.5) is 0 Å². The standard InChI is InChI=1S/C26H35ClN2O4.C14H18O2.C10H13ClN2O2.C9H20O2Si/c1-19(2)33-25-13-10-22(16-24(25)27)26(31)28-29(14-15-30)17-20-8-11-23(12-9-20)32-18-21-6-4-3-5-7-21;15-10-12-6-8-14(9-7-12)16-11-13-4-2-1-3-5-13;1-6(2)15-9-4-3-7(5-8(9)11)10(14)13-12;1-8(10)7-11-12(5,6)9(2,3)4/h8-13,16,19,21,30H,3-7,14-15,17-18H2,1-2H3,(H,28,31);6-10,13H,1-5,11H2;3-6H,12H2,1-2H3,(H,13,14);7H2,1-6H3. The second-order valence-corrected chi connectivity index (χ2v) is 27.0. The molecule has 0 spiro atoms. The average Bonchev–Trinajstić information content (AvgIpc) is 3.39. The molecule has 0 radical (unpaired) electrons. The molecule has 2 aliphatic carbocycles. The summed E-state index contributed by atoms with van der Waals surface area (Å²) in [6, 6.07) is 24.9. The number of aliphatic hydroxyl groups is 1. The Kier molecular flexibility index (Phi) is 29.2. The van der Waals surface area contributed by atoms with Gasteiger partial charge in [0, 0.05) is 29.8 Å². The predicted molar refractivity (Wildman–Crippen MR) is 307 cm³/mol. The highest BCUT2D eigenvalue weighted by Gasteiger charge is 2.37. The quantitative estimate of drug-likeness (QED) is 0.0204. The Labute approximate surface area is 464 Å². The summed E-state index contributed by atoms with van der Waals surface area (Å²) in [7, 11) is -1.69. The van der Waals surface area contributed by atoms with E-state index in [1.807, 2.05) is 69.5 Å². The van der Waals surface area contributed by atoms with Crippen molar-refractivity contribution in [3.63, 3.8) is 0 Å². The molecule has 76 heavy (non-hydrogen) atoms. The summed E-state index contributed by atoms with van der Waals surface area (Å²) in [4.78, 5) is 45.1. The molecule has 4 aromatic rings. The number of aliphatic hydroxyl groups excluding tert-OH is 1. The minimum Gasteiger partial charge on any atom is -0.493 e. The number of aldehydes is 1. The van der Waals surface area contributed by atoms with Gasteiger partial charge in [-0.1, -0.05) is 94.6 Å². The zero-order valence-electron chi connectivity index (χ0n) is 46.7. The first kappa shape index (κ1) is 65.3. The number of hydrogen-bond acceptors (Lipinski definition) is 12. The van der Waals surface area contributed by atoms with Gasteiger partial charge in [0.2, 0.25) is 0 Å². The minimum absolute atomic E-state index is 0.00808. The van der Waals surface area contributed by atoms with Crippen LogP contribution in [-0.2, 0) is 15.8 Å². The van der Waals surface area contributed by atoms with Crippen molar-refractivity contribution < 1.29 is 47.7 Å². The van der Waals surface area contributed by atoms with E-state index >= 15 is 0 Å². The number of amides is 2. The summed E-state index contributed by atoms with van der Waals surface area (Å²) in [5, 5.41) is 12.1. The van der Waals surface area contributed by atoms with Gasteiger partial charge in [0.05, 0.1) is 48.7 Å². The van der Waals surface area contributed by atoms with Crippen molar-refractivity contribution in [3.05, 3.63) is 117 Å². The van der Waals surface area contributed by atoms with Crippen LogP contribution >= 0.6 is 23.2 Å². The second kappa shape index (κ2) is 34.0. The summed E-state index contributed by atoms with van der Waals surface area (Å²) >= 11 is 12.2. The van der Waals surface area contributed by atoms with E-state index in [1.54, 1.807) is 54.4 Å². The first-order valence-corrected chi connectivity index (χ1v) is 30.3. The summed E-state index contributed by atoms with van der Waals surface area (Å²) < 4.78 is 28.4. The van der Waals surface area contributed by atoms with Crippen molar-refractivity contribution in [2.24, 2.45) is 17.7 Å². The first-order valence-electron chi connectivity index (χ1n) is 26.7. The van der Waals surface area contributed by atoms with Crippen molar-refractivity contribution >= 4 is 55.4 Å². The van der Waals surface area contributed by atoms with Gasteiger partial charge in [0.15, 0.2) is 14.1 Å². The maximum absolute atomic E-state index is 12.7. The number of ether oxygens (including phenoxy) is 4. The van der Waals surface area contributed by atoms with Crippen LogP contribution in [0.2, 0.25) is 28.2 Å².